The van der Waals surface area contributed by atoms with E-state index in [2.05, 4.69) is 0 Å². The summed E-state index contributed by atoms with van der Waals surface area (Å²) in [6.45, 7) is 0. The van der Waals surface area contributed by atoms with Gasteiger partial charge in [-0.1, -0.05) is 0 Å². The summed E-state index contributed by atoms with van der Waals surface area (Å²) in [7, 11) is -3.89. The van der Waals surface area contributed by atoms with Gasteiger partial charge in [-0.25, -0.2) is 18.3 Å². The molecule has 0 saturated heterocycles. The van der Waals surface area contributed by atoms with Gasteiger partial charge in [-0.15, -0.1) is 0 Å². The molecule has 0 aromatic heterocycles. The molecule has 1 aliphatic rings. The molecule has 0 atom stereocenters. The first-order valence-electron chi connectivity index (χ1n) is 3.79. The highest BCUT2D eigenvalue weighted by Crippen LogP contribution is 2.26. The fraction of sp³-hybridized carbons (Fsp3) is 0. The molecule has 0 radical (unpaired) electrons. The van der Waals surface area contributed by atoms with Crippen molar-refractivity contribution in [3.05, 3.63) is 28.7 Å². The molecule has 7 nitrogen and oxygen atoms in total. The lowest BCUT2D eigenvalue weighted by molar-refractivity contribution is -0.729. The average molecular weight is 229 g/mol. The highest BCUT2D eigenvalue weighted by atomic mass is 32.2. The summed E-state index contributed by atoms with van der Waals surface area (Å²) in [5.74, 6) is -0.744. The van der Waals surface area contributed by atoms with Crippen LogP contribution >= 0.6 is 0 Å². The number of amides is 1. The number of fused-ring (bicyclic) bond motifs is 1. The van der Waals surface area contributed by atoms with Gasteiger partial charge < -0.3 is 0 Å². The number of nitrogens with one attached hydrogen (secondary N) is 1. The number of sulfonamides is 1. The summed E-state index contributed by atoms with van der Waals surface area (Å²) in [4.78, 5) is 20.8. The Morgan fingerprint density at radius 3 is 2.60 bits per heavy atom. The molecule has 1 amide bonds. The van der Waals surface area contributed by atoms with Gasteiger partial charge in [0, 0.05) is 12.1 Å². The van der Waals surface area contributed by atoms with Crippen LogP contribution in [0.5, 0.6) is 0 Å². The van der Waals surface area contributed by atoms with Crippen LogP contribution in [-0.4, -0.2) is 24.5 Å². The SMILES string of the molecule is O=C1NS(=O)(=O)c2cc([N+](=O)O)ccc21. The molecule has 2 N–H and O–H groups in total. The van der Waals surface area contributed by atoms with Gasteiger partial charge in [-0.2, -0.15) is 0 Å². The van der Waals surface area contributed by atoms with Crippen molar-refractivity contribution in [2.24, 2.45) is 0 Å². The Morgan fingerprint density at radius 1 is 1.33 bits per heavy atom. The van der Waals surface area contributed by atoms with Crippen LogP contribution in [0, 0.1) is 4.91 Å². The van der Waals surface area contributed by atoms with E-state index in [0.29, 0.717) is 0 Å². The lowest BCUT2D eigenvalue weighted by Crippen LogP contribution is -2.20. The van der Waals surface area contributed by atoms with E-state index in [1.54, 1.807) is 4.72 Å². The van der Waals surface area contributed by atoms with Crippen LogP contribution in [0.1, 0.15) is 10.4 Å². The zero-order valence-corrected chi connectivity index (χ0v) is 7.98. The smallest absolute Gasteiger partial charge is 0.268 e. The third kappa shape index (κ3) is 1.34. The Bertz CT molecular complexity index is 577. The Hall–Kier alpha value is -1.96. The molecule has 1 heterocycles. The Morgan fingerprint density at radius 2 is 2.00 bits per heavy atom. The van der Waals surface area contributed by atoms with Gasteiger partial charge in [0.05, 0.1) is 10.5 Å². The molecule has 1 aromatic carbocycles. The van der Waals surface area contributed by atoms with E-state index in [4.69, 9.17) is 5.21 Å². The molecule has 15 heavy (non-hydrogen) atoms. The van der Waals surface area contributed by atoms with Crippen LogP contribution in [0.4, 0.5) is 5.69 Å². The first kappa shape index (κ1) is 9.59. The number of hydrogen-bond donors (Lipinski definition) is 2. The molecule has 78 valence electrons. The number of rotatable bonds is 1. The fourth-order valence-corrected chi connectivity index (χ4v) is 2.46. The summed E-state index contributed by atoms with van der Waals surface area (Å²) in [5, 5.41) is 8.57. The second-order valence-electron chi connectivity index (χ2n) is 2.89. The topological polar surface area (TPSA) is 104 Å². The van der Waals surface area contributed by atoms with Gasteiger partial charge >= 0.3 is 5.69 Å². The number of benzene rings is 1. The van der Waals surface area contributed by atoms with E-state index >= 15 is 0 Å². The van der Waals surface area contributed by atoms with E-state index in [9.17, 15) is 18.1 Å². The summed E-state index contributed by atoms with van der Waals surface area (Å²) in [6.07, 6.45) is 0. The molecule has 2 rings (SSSR count). The molecule has 0 fully saturated rings. The van der Waals surface area contributed by atoms with E-state index < -0.39 is 20.9 Å². The van der Waals surface area contributed by atoms with E-state index in [1.807, 2.05) is 0 Å². The van der Waals surface area contributed by atoms with Crippen molar-refractivity contribution in [1.82, 2.24) is 4.72 Å². The average Bonchev–Trinajstić information content (AvgIpc) is 2.37. The molecule has 0 aliphatic carbocycles. The van der Waals surface area contributed by atoms with Crippen molar-refractivity contribution in [3.63, 3.8) is 0 Å². The van der Waals surface area contributed by atoms with Gasteiger partial charge in [0.15, 0.2) is 0 Å². The first-order chi connectivity index (χ1) is 6.92. The largest absolute Gasteiger partial charge is 0.318 e. The fourth-order valence-electron chi connectivity index (χ4n) is 1.27. The number of carbonyl (C=O) groups is 1. The standard InChI is InChI=1S/C7H4N2O5S/c10-7-5-2-1-4(9(11)12)3-6(5)15(13,14)8-7/h1-3H,(H-,8,10,11,12)/p+1. The van der Waals surface area contributed by atoms with Crippen LogP contribution in [0.15, 0.2) is 23.1 Å². The van der Waals surface area contributed by atoms with Gasteiger partial charge in [0.25, 0.3) is 20.9 Å². The number of nitrogens with zero attached hydrogens (tertiary/aromatic N) is 1. The summed E-state index contributed by atoms with van der Waals surface area (Å²) >= 11 is 0. The van der Waals surface area contributed by atoms with Crippen molar-refractivity contribution in [2.45, 2.75) is 4.90 Å². The van der Waals surface area contributed by atoms with Gasteiger partial charge in [0.1, 0.15) is 4.90 Å². The van der Waals surface area contributed by atoms with Gasteiger partial charge in [-0.3, -0.25) is 4.79 Å². The molecule has 8 heteroatoms. The molecule has 0 spiro atoms. The van der Waals surface area contributed by atoms with Crippen LogP contribution in [0.3, 0.4) is 0 Å². The van der Waals surface area contributed by atoms with Crippen molar-refractivity contribution >= 4 is 21.6 Å². The van der Waals surface area contributed by atoms with Gasteiger partial charge in [0.2, 0.25) is 0 Å². The predicted octanol–water partition coefficient (Wildman–Crippen LogP) is -0.0817. The second-order valence-corrected chi connectivity index (χ2v) is 4.54. The highest BCUT2D eigenvalue weighted by Gasteiger charge is 2.34. The van der Waals surface area contributed by atoms with Gasteiger partial charge in [-0.05, 0) is 6.07 Å². The molecule has 0 saturated carbocycles. The quantitative estimate of drug-likeness (QED) is 0.655. The van der Waals surface area contributed by atoms with Crippen molar-refractivity contribution in [2.75, 3.05) is 0 Å². The van der Waals surface area contributed by atoms with E-state index in [1.165, 1.54) is 0 Å². The minimum absolute atomic E-state index is 0.0411. The summed E-state index contributed by atoms with van der Waals surface area (Å²) in [6, 6.07) is 3.23. The van der Waals surface area contributed by atoms with E-state index in [0.717, 1.165) is 18.2 Å². The first-order valence-corrected chi connectivity index (χ1v) is 5.27. The maximum absolute atomic E-state index is 11.3. The third-order valence-electron chi connectivity index (χ3n) is 1.95. The second kappa shape index (κ2) is 2.76. The molecule has 0 bridgehead atoms. The van der Waals surface area contributed by atoms with Crippen LogP contribution in [0.2, 0.25) is 0 Å². The van der Waals surface area contributed by atoms with Crippen molar-refractivity contribution in [1.29, 1.82) is 0 Å². The monoisotopic (exact) mass is 229 g/mol. The summed E-state index contributed by atoms with van der Waals surface area (Å²) in [5.41, 5.74) is -0.297. The zero-order valence-electron chi connectivity index (χ0n) is 7.17. The molecule has 1 aromatic rings. The molecule has 0 unspecified atom stereocenters. The lowest BCUT2D eigenvalue weighted by Gasteiger charge is -1.92. The normalized spacial score (nSPS) is 16.9. The number of hydrogen-bond acceptors (Lipinski definition) is 4. The Kier molecular flexibility index (Phi) is 1.77. The minimum atomic E-state index is -3.89. The molecule has 1 aliphatic heterocycles. The van der Waals surface area contributed by atoms with Crippen LogP contribution in [-0.2, 0) is 10.0 Å². The third-order valence-corrected chi connectivity index (χ3v) is 3.32. The van der Waals surface area contributed by atoms with Crippen LogP contribution in [0.25, 0.3) is 0 Å². The maximum Gasteiger partial charge on any atom is 0.318 e. The molecular weight excluding hydrogens is 224 g/mol. The van der Waals surface area contributed by atoms with Crippen LogP contribution < -0.4 is 4.72 Å². The molecular formula is C7H5N2O5S+. The highest BCUT2D eigenvalue weighted by molar-refractivity contribution is 7.90. The van der Waals surface area contributed by atoms with Crippen molar-refractivity contribution < 1.29 is 23.3 Å². The maximum atomic E-state index is 11.3. The summed E-state index contributed by atoms with van der Waals surface area (Å²) < 4.78 is 24.4. The Labute approximate surface area is 83.9 Å². The lowest BCUT2D eigenvalue weighted by atomic mass is 10.2. The Balaban J connectivity index is 2.73. The van der Waals surface area contributed by atoms with E-state index in [-0.39, 0.29) is 16.1 Å². The zero-order chi connectivity index (χ0) is 11.2. The predicted molar refractivity (Wildman–Crippen MR) is 46.2 cm³/mol. The number of carbonyl (C=O) groups excluding carboxylic acids is 1. The van der Waals surface area contributed by atoms with Crippen molar-refractivity contribution in [3.8, 4) is 0 Å². The minimum Gasteiger partial charge on any atom is -0.268 e.